The first-order valence-electron chi connectivity index (χ1n) is 17.3. The monoisotopic (exact) mass is 676 g/mol. The number of hydrogen-bond donors (Lipinski definition) is 2. The first-order chi connectivity index (χ1) is 23.9. The highest BCUT2D eigenvalue weighted by molar-refractivity contribution is 5.65. The van der Waals surface area contributed by atoms with Gasteiger partial charge in [-0.2, -0.15) is 0 Å². The van der Waals surface area contributed by atoms with E-state index in [4.69, 9.17) is 23.7 Å². The van der Waals surface area contributed by atoms with Crippen molar-refractivity contribution in [1.82, 2.24) is 4.90 Å². The minimum absolute atomic E-state index is 0.202. The molecular weight excluding hydrogens is 624 g/mol. The molecule has 0 saturated carbocycles. The zero-order valence-electron chi connectivity index (χ0n) is 29.0. The van der Waals surface area contributed by atoms with Gasteiger partial charge in [-0.1, -0.05) is 67.6 Å². The molecule has 1 fully saturated rings. The predicted octanol–water partition coefficient (Wildman–Crippen LogP) is 5.60. The maximum Gasteiger partial charge on any atom is 0.407 e. The number of methoxy groups -OCH3 is 2. The van der Waals surface area contributed by atoms with E-state index < -0.39 is 18.3 Å². The van der Waals surface area contributed by atoms with Gasteiger partial charge in [0.2, 0.25) is 0 Å². The van der Waals surface area contributed by atoms with Crippen LogP contribution in [0.25, 0.3) is 0 Å². The minimum atomic E-state index is -1.02. The molecule has 10 heteroatoms. The molecule has 10 nitrogen and oxygen atoms in total. The van der Waals surface area contributed by atoms with Crippen LogP contribution < -0.4 is 9.64 Å². The SMILES string of the molecule is COCCCN1CCOc2ccc(CO[C@H]3CN(C(=O)O)C[C@@H](C(O)Cc4ccccc4)[C@@H]3c3ccc(COCC(C)COC)cc3)cc21. The van der Waals surface area contributed by atoms with Crippen molar-refractivity contribution in [3.05, 3.63) is 95.1 Å². The van der Waals surface area contributed by atoms with Crippen LogP contribution in [0.5, 0.6) is 5.75 Å². The highest BCUT2D eigenvalue weighted by Crippen LogP contribution is 2.39. The summed E-state index contributed by atoms with van der Waals surface area (Å²) in [5.41, 5.74) is 5.05. The summed E-state index contributed by atoms with van der Waals surface area (Å²) >= 11 is 0. The number of piperidine rings is 1. The Kier molecular flexibility index (Phi) is 13.7. The van der Waals surface area contributed by atoms with Crippen LogP contribution in [0.2, 0.25) is 0 Å². The van der Waals surface area contributed by atoms with Gasteiger partial charge in [-0.3, -0.25) is 0 Å². The third-order valence-corrected chi connectivity index (χ3v) is 9.46. The van der Waals surface area contributed by atoms with Gasteiger partial charge in [0.15, 0.2) is 0 Å². The number of ether oxygens (including phenoxy) is 5. The Morgan fingerprint density at radius 1 is 0.939 bits per heavy atom. The quantitative estimate of drug-likeness (QED) is 0.177. The second kappa shape index (κ2) is 18.4. The van der Waals surface area contributed by atoms with Crippen molar-refractivity contribution in [3.8, 4) is 5.75 Å². The van der Waals surface area contributed by atoms with Gasteiger partial charge in [0, 0.05) is 51.7 Å². The summed E-state index contributed by atoms with van der Waals surface area (Å²) in [6, 6.07) is 24.2. The molecule has 3 aromatic carbocycles. The summed E-state index contributed by atoms with van der Waals surface area (Å²) in [7, 11) is 3.41. The average Bonchev–Trinajstić information content (AvgIpc) is 3.11. The number of aliphatic hydroxyl groups excluding tert-OH is 1. The molecule has 5 atom stereocenters. The first-order valence-corrected chi connectivity index (χ1v) is 17.3. The number of carbonyl (C=O) groups is 1. The number of benzene rings is 3. The molecule has 2 N–H and O–H groups in total. The maximum atomic E-state index is 12.4. The lowest BCUT2D eigenvalue weighted by atomic mass is 9.74. The zero-order valence-corrected chi connectivity index (χ0v) is 29.0. The van der Waals surface area contributed by atoms with Crippen molar-refractivity contribution in [2.75, 3.05) is 71.7 Å². The molecular formula is C39H52N2O8. The summed E-state index contributed by atoms with van der Waals surface area (Å²) in [4.78, 5) is 16.1. The average molecular weight is 677 g/mol. The topological polar surface area (TPSA) is 110 Å². The summed E-state index contributed by atoms with van der Waals surface area (Å²) in [5, 5.41) is 21.9. The highest BCUT2D eigenvalue weighted by atomic mass is 16.5. The predicted molar refractivity (Wildman–Crippen MR) is 188 cm³/mol. The molecule has 0 radical (unpaired) electrons. The van der Waals surface area contributed by atoms with Gasteiger partial charge in [0.1, 0.15) is 12.4 Å². The van der Waals surface area contributed by atoms with E-state index in [1.165, 1.54) is 4.90 Å². The third kappa shape index (κ3) is 10.2. The molecule has 266 valence electrons. The molecule has 0 bridgehead atoms. The third-order valence-electron chi connectivity index (χ3n) is 9.46. The van der Waals surface area contributed by atoms with Crippen LogP contribution in [0, 0.1) is 11.8 Å². The van der Waals surface area contributed by atoms with E-state index in [2.05, 4.69) is 42.2 Å². The van der Waals surface area contributed by atoms with Gasteiger partial charge in [0.25, 0.3) is 0 Å². The fraction of sp³-hybridized carbons (Fsp3) is 0.513. The van der Waals surface area contributed by atoms with Gasteiger partial charge in [-0.15, -0.1) is 0 Å². The number of fused-ring (bicyclic) bond motifs is 1. The number of amides is 1. The molecule has 2 aliphatic heterocycles. The summed E-state index contributed by atoms with van der Waals surface area (Å²) in [6.45, 7) is 7.52. The molecule has 3 aromatic rings. The van der Waals surface area contributed by atoms with Crippen molar-refractivity contribution in [1.29, 1.82) is 0 Å². The highest BCUT2D eigenvalue weighted by Gasteiger charge is 2.43. The molecule has 49 heavy (non-hydrogen) atoms. The van der Waals surface area contributed by atoms with Gasteiger partial charge in [-0.05, 0) is 47.2 Å². The molecule has 2 heterocycles. The molecule has 0 spiro atoms. The second-order valence-electron chi connectivity index (χ2n) is 13.3. The fourth-order valence-electron chi connectivity index (χ4n) is 6.98. The van der Waals surface area contributed by atoms with E-state index in [1.54, 1.807) is 14.2 Å². The van der Waals surface area contributed by atoms with E-state index in [9.17, 15) is 15.0 Å². The van der Waals surface area contributed by atoms with Gasteiger partial charge in [0.05, 0.1) is 57.4 Å². The van der Waals surface area contributed by atoms with Crippen LogP contribution >= 0.6 is 0 Å². The maximum absolute atomic E-state index is 12.4. The Labute approximate surface area is 290 Å². The summed E-state index contributed by atoms with van der Waals surface area (Å²) in [5.74, 6) is 0.522. The smallest absolute Gasteiger partial charge is 0.407 e. The molecule has 1 amide bonds. The van der Waals surface area contributed by atoms with E-state index in [-0.39, 0.29) is 24.9 Å². The lowest BCUT2D eigenvalue weighted by molar-refractivity contribution is -0.0650. The van der Waals surface area contributed by atoms with Crippen LogP contribution in [0.3, 0.4) is 0 Å². The lowest BCUT2D eigenvalue weighted by Gasteiger charge is -2.44. The number of carboxylic acid groups (broad SMARTS) is 1. The van der Waals surface area contributed by atoms with Crippen LogP contribution in [0.4, 0.5) is 10.5 Å². The largest absolute Gasteiger partial charge is 0.490 e. The Morgan fingerprint density at radius 3 is 2.45 bits per heavy atom. The van der Waals surface area contributed by atoms with Gasteiger partial charge in [-0.25, -0.2) is 4.79 Å². The minimum Gasteiger partial charge on any atom is -0.490 e. The number of nitrogens with zero attached hydrogens (tertiary/aromatic N) is 2. The second-order valence-corrected chi connectivity index (χ2v) is 13.3. The Hall–Kier alpha value is -3.67. The molecule has 2 unspecified atom stereocenters. The molecule has 1 saturated heterocycles. The van der Waals surface area contributed by atoms with Crippen molar-refractivity contribution in [2.24, 2.45) is 11.8 Å². The standard InChI is InChI=1S/C39H52N2O8/c1-28(24-46-3)25-47-26-30-10-13-32(14-11-30)38-33(35(42)21-29-8-5-4-6-9-29)22-41(39(43)44)23-37(38)49-27-31-12-15-36-34(20-31)40(17-19-48-36)16-7-18-45-2/h4-6,8-15,20,28,33,35,37-38,42H,7,16-19,21-27H2,1-3H3,(H,43,44)/t28?,33-,35?,37-,38-/m0/s1. The Balaban J connectivity index is 1.38. The number of rotatable bonds is 17. The normalized spacial score (nSPS) is 20.4. The van der Waals surface area contributed by atoms with E-state index in [1.807, 2.05) is 42.5 Å². The van der Waals surface area contributed by atoms with Crippen molar-refractivity contribution in [3.63, 3.8) is 0 Å². The molecule has 0 aromatic heterocycles. The van der Waals surface area contributed by atoms with Gasteiger partial charge >= 0.3 is 6.09 Å². The summed E-state index contributed by atoms with van der Waals surface area (Å²) in [6.07, 6.45) is -0.959. The van der Waals surface area contributed by atoms with E-state index in [0.717, 1.165) is 53.2 Å². The number of anilines is 1. The van der Waals surface area contributed by atoms with E-state index >= 15 is 0 Å². The molecule has 0 aliphatic carbocycles. The van der Waals surface area contributed by atoms with Crippen molar-refractivity contribution < 1.29 is 38.7 Å². The molecule has 5 rings (SSSR count). The van der Waals surface area contributed by atoms with Crippen LogP contribution in [0.15, 0.2) is 72.8 Å². The zero-order chi connectivity index (χ0) is 34.6. The van der Waals surface area contributed by atoms with Gasteiger partial charge < -0.3 is 43.7 Å². The van der Waals surface area contributed by atoms with E-state index in [0.29, 0.717) is 52.0 Å². The van der Waals surface area contributed by atoms with Crippen molar-refractivity contribution >= 4 is 11.8 Å². The number of hydrogen-bond acceptors (Lipinski definition) is 8. The summed E-state index contributed by atoms with van der Waals surface area (Å²) < 4.78 is 29.0. The van der Waals surface area contributed by atoms with Crippen molar-refractivity contribution in [2.45, 2.75) is 51.1 Å². The fourth-order valence-corrected chi connectivity index (χ4v) is 6.98. The number of likely N-dealkylation sites (tertiary alicyclic amines) is 1. The Morgan fingerprint density at radius 2 is 1.71 bits per heavy atom. The first kappa shape index (κ1) is 36.6. The molecule has 2 aliphatic rings. The number of aliphatic hydroxyl groups is 1. The van der Waals surface area contributed by atoms with Crippen LogP contribution in [-0.2, 0) is 38.6 Å². The van der Waals surface area contributed by atoms with Crippen LogP contribution in [-0.4, -0.2) is 100 Å². The lowest BCUT2D eigenvalue weighted by Crippen LogP contribution is -2.54. The van der Waals surface area contributed by atoms with Crippen LogP contribution in [0.1, 0.15) is 41.5 Å². The Bertz CT molecular complexity index is 1440.